The lowest BCUT2D eigenvalue weighted by molar-refractivity contribution is 0.296. The summed E-state index contributed by atoms with van der Waals surface area (Å²) in [5, 5.41) is 23.1. The number of hydrogen-bond donors (Lipinski definition) is 2. The van der Waals surface area contributed by atoms with Crippen molar-refractivity contribution in [2.45, 2.75) is 17.2 Å². The number of hydrogen-bond acceptors (Lipinski definition) is 7. The van der Waals surface area contributed by atoms with Crippen LogP contribution in [0, 0.1) is 0 Å². The van der Waals surface area contributed by atoms with Crippen molar-refractivity contribution in [3.8, 4) is 0 Å². The normalized spacial score (nSPS) is 10.7. The highest BCUT2D eigenvalue weighted by Gasteiger charge is 2.04. The lowest BCUT2D eigenvalue weighted by Gasteiger charge is -1.99. The molecular weight excluding hydrogens is 286 g/mol. The molecule has 18 heavy (non-hydrogen) atoms. The predicted molar refractivity (Wildman–Crippen MR) is 78.8 cm³/mol. The van der Waals surface area contributed by atoms with Gasteiger partial charge < -0.3 is 10.4 Å². The number of nitrogens with one attached hydrogen (secondary N) is 1. The van der Waals surface area contributed by atoms with Crippen molar-refractivity contribution in [1.82, 2.24) is 10.2 Å². The Labute approximate surface area is 118 Å². The van der Waals surface area contributed by atoms with E-state index in [1.54, 1.807) is 34.4 Å². The Hall–Kier alpha value is -0.630. The third-order valence-electron chi connectivity index (χ3n) is 2.16. The zero-order chi connectivity index (χ0) is 12.6. The second kappa shape index (κ2) is 7.73. The molecule has 0 bridgehead atoms. The molecule has 0 aliphatic carbocycles. The molecule has 2 rings (SSSR count). The third kappa shape index (κ3) is 4.56. The van der Waals surface area contributed by atoms with Gasteiger partial charge in [-0.15, -0.1) is 21.5 Å². The smallest absolute Gasteiger partial charge is 0.206 e. The van der Waals surface area contributed by atoms with E-state index >= 15 is 0 Å². The first-order valence-corrected chi connectivity index (χ1v) is 8.40. The summed E-state index contributed by atoms with van der Waals surface area (Å²) in [6, 6.07) is 4.21. The van der Waals surface area contributed by atoms with E-state index in [1.165, 1.54) is 4.88 Å². The topological polar surface area (TPSA) is 58.0 Å². The van der Waals surface area contributed by atoms with Gasteiger partial charge in [0.1, 0.15) is 0 Å². The standard InChI is InChI=1S/C11H15N3OS3/c15-6-2-8-17-11-14-13-10(18-11)12-5-4-9-3-1-7-16-9/h1,3,7,15H,2,4-6,8H2,(H,12,13). The summed E-state index contributed by atoms with van der Waals surface area (Å²) >= 11 is 4.99. The number of nitrogens with zero attached hydrogens (tertiary/aromatic N) is 2. The van der Waals surface area contributed by atoms with E-state index in [0.29, 0.717) is 0 Å². The molecule has 2 N–H and O–H groups in total. The second-order valence-corrected chi connectivity index (χ2v) is 6.91. The summed E-state index contributed by atoms with van der Waals surface area (Å²) in [5.74, 6) is 0.889. The molecule has 0 aromatic carbocycles. The summed E-state index contributed by atoms with van der Waals surface area (Å²) in [6.45, 7) is 1.12. The zero-order valence-corrected chi connectivity index (χ0v) is 12.3. The Bertz CT molecular complexity index is 444. The van der Waals surface area contributed by atoms with Gasteiger partial charge in [0.05, 0.1) is 0 Å². The SMILES string of the molecule is OCCCSc1nnc(NCCc2cccs2)s1. The molecule has 2 heterocycles. The number of anilines is 1. The van der Waals surface area contributed by atoms with E-state index in [-0.39, 0.29) is 6.61 Å². The van der Waals surface area contributed by atoms with E-state index in [0.717, 1.165) is 34.6 Å². The molecular formula is C11H15N3OS3. The van der Waals surface area contributed by atoms with Gasteiger partial charge in [-0.3, -0.25) is 0 Å². The molecule has 0 radical (unpaired) electrons. The van der Waals surface area contributed by atoms with Crippen LogP contribution in [0.5, 0.6) is 0 Å². The van der Waals surface area contributed by atoms with E-state index in [4.69, 9.17) is 5.11 Å². The van der Waals surface area contributed by atoms with Crippen molar-refractivity contribution in [3.05, 3.63) is 22.4 Å². The Morgan fingerprint density at radius 3 is 3.11 bits per heavy atom. The number of aliphatic hydroxyl groups is 1. The molecule has 0 fully saturated rings. The molecule has 0 amide bonds. The Balaban J connectivity index is 1.69. The van der Waals surface area contributed by atoms with Crippen LogP contribution in [0.15, 0.2) is 21.9 Å². The Kier molecular flexibility index (Phi) is 5.92. The second-order valence-electron chi connectivity index (χ2n) is 3.55. The monoisotopic (exact) mass is 301 g/mol. The molecule has 0 aliphatic heterocycles. The van der Waals surface area contributed by atoms with E-state index in [1.807, 2.05) is 0 Å². The van der Waals surface area contributed by atoms with Gasteiger partial charge in [0.25, 0.3) is 0 Å². The van der Waals surface area contributed by atoms with Crippen LogP contribution in [-0.2, 0) is 6.42 Å². The molecule has 2 aromatic rings. The largest absolute Gasteiger partial charge is 0.396 e. The van der Waals surface area contributed by atoms with E-state index in [9.17, 15) is 0 Å². The summed E-state index contributed by atoms with van der Waals surface area (Å²) < 4.78 is 0.960. The van der Waals surface area contributed by atoms with Gasteiger partial charge in [-0.25, -0.2) is 0 Å². The predicted octanol–water partition coefficient (Wildman–Crippen LogP) is 2.73. The molecule has 98 valence electrons. The van der Waals surface area contributed by atoms with Crippen LogP contribution in [0.2, 0.25) is 0 Å². The van der Waals surface area contributed by atoms with Crippen molar-refractivity contribution >= 4 is 39.6 Å². The molecule has 0 aliphatic rings. The van der Waals surface area contributed by atoms with Crippen molar-refractivity contribution in [2.24, 2.45) is 0 Å². The number of thiophene rings is 1. The van der Waals surface area contributed by atoms with Crippen molar-refractivity contribution in [2.75, 3.05) is 24.2 Å². The van der Waals surface area contributed by atoms with Crippen LogP contribution < -0.4 is 5.32 Å². The fraction of sp³-hybridized carbons (Fsp3) is 0.455. The van der Waals surface area contributed by atoms with E-state index < -0.39 is 0 Å². The summed E-state index contributed by atoms with van der Waals surface area (Å²) in [7, 11) is 0. The number of thioether (sulfide) groups is 1. The molecule has 7 heteroatoms. The quantitative estimate of drug-likeness (QED) is 0.580. The minimum Gasteiger partial charge on any atom is -0.396 e. The van der Waals surface area contributed by atoms with Gasteiger partial charge in [0.15, 0.2) is 4.34 Å². The molecule has 0 saturated heterocycles. The van der Waals surface area contributed by atoms with Crippen molar-refractivity contribution in [1.29, 1.82) is 0 Å². The maximum absolute atomic E-state index is 8.70. The van der Waals surface area contributed by atoms with Crippen LogP contribution in [0.3, 0.4) is 0 Å². The summed E-state index contributed by atoms with van der Waals surface area (Å²) in [6.07, 6.45) is 1.82. The van der Waals surface area contributed by atoms with Gasteiger partial charge in [0.2, 0.25) is 5.13 Å². The van der Waals surface area contributed by atoms with E-state index in [2.05, 4.69) is 33.0 Å². The molecule has 2 aromatic heterocycles. The highest BCUT2D eigenvalue weighted by Crippen LogP contribution is 2.25. The van der Waals surface area contributed by atoms with Gasteiger partial charge in [-0.05, 0) is 24.3 Å². The first-order chi connectivity index (χ1) is 8.88. The maximum atomic E-state index is 8.70. The number of aliphatic hydroxyl groups excluding tert-OH is 1. The fourth-order valence-electron chi connectivity index (χ4n) is 1.31. The Morgan fingerprint density at radius 1 is 1.39 bits per heavy atom. The van der Waals surface area contributed by atoms with Crippen LogP contribution in [0.25, 0.3) is 0 Å². The van der Waals surface area contributed by atoms with Crippen molar-refractivity contribution in [3.63, 3.8) is 0 Å². The van der Waals surface area contributed by atoms with Crippen LogP contribution in [0.1, 0.15) is 11.3 Å². The van der Waals surface area contributed by atoms with Gasteiger partial charge >= 0.3 is 0 Å². The number of rotatable bonds is 8. The molecule has 0 spiro atoms. The summed E-state index contributed by atoms with van der Waals surface area (Å²) in [5.41, 5.74) is 0. The average Bonchev–Trinajstić information content (AvgIpc) is 3.01. The number of aromatic nitrogens is 2. The Morgan fingerprint density at radius 2 is 2.33 bits per heavy atom. The molecule has 0 unspecified atom stereocenters. The lowest BCUT2D eigenvalue weighted by Crippen LogP contribution is -2.03. The van der Waals surface area contributed by atoms with Gasteiger partial charge in [-0.2, -0.15) is 0 Å². The van der Waals surface area contributed by atoms with Crippen molar-refractivity contribution < 1.29 is 5.11 Å². The zero-order valence-electron chi connectivity index (χ0n) is 9.83. The molecule has 0 saturated carbocycles. The highest BCUT2D eigenvalue weighted by molar-refractivity contribution is 8.01. The molecule has 4 nitrogen and oxygen atoms in total. The minimum absolute atomic E-state index is 0.234. The summed E-state index contributed by atoms with van der Waals surface area (Å²) in [4.78, 5) is 1.38. The van der Waals surface area contributed by atoms with Gasteiger partial charge in [0, 0.05) is 23.8 Å². The average molecular weight is 301 g/mol. The van der Waals surface area contributed by atoms with Crippen LogP contribution in [-0.4, -0.2) is 34.2 Å². The molecule has 0 atom stereocenters. The van der Waals surface area contributed by atoms with Gasteiger partial charge in [-0.1, -0.05) is 29.2 Å². The lowest BCUT2D eigenvalue weighted by atomic mass is 10.3. The fourth-order valence-corrected chi connectivity index (χ4v) is 3.79. The first-order valence-electron chi connectivity index (χ1n) is 5.72. The van der Waals surface area contributed by atoms with Crippen LogP contribution in [0.4, 0.5) is 5.13 Å². The van der Waals surface area contributed by atoms with Crippen LogP contribution >= 0.6 is 34.4 Å². The first kappa shape index (κ1) is 13.8. The minimum atomic E-state index is 0.234. The maximum Gasteiger partial charge on any atom is 0.206 e. The highest BCUT2D eigenvalue weighted by atomic mass is 32.2. The third-order valence-corrected chi connectivity index (χ3v) is 5.20.